The fraction of sp³-hybridized carbons (Fsp3) is 0.133. The van der Waals surface area contributed by atoms with Gasteiger partial charge in [-0.25, -0.2) is 0 Å². The Hall–Kier alpha value is -2.09. The van der Waals surface area contributed by atoms with Crippen LogP contribution in [0.4, 0.5) is 0 Å². The van der Waals surface area contributed by atoms with Crippen LogP contribution in [0.1, 0.15) is 27.0 Å². The minimum Gasteiger partial charge on any atom is -0.311 e. The second-order valence-corrected chi connectivity index (χ2v) is 4.07. The van der Waals surface area contributed by atoms with Gasteiger partial charge in [0.05, 0.1) is 5.70 Å². The lowest BCUT2D eigenvalue weighted by molar-refractivity contribution is 0.0874. The third-order valence-electron chi connectivity index (χ3n) is 3.10. The number of fused-ring (bicyclic) bond motifs is 1. The van der Waals surface area contributed by atoms with Gasteiger partial charge < -0.3 is 4.90 Å². The molecule has 0 aromatic heterocycles. The molecule has 0 saturated carbocycles. The maximum Gasteiger partial charge on any atom is 0.258 e. The van der Waals surface area contributed by atoms with E-state index in [0.29, 0.717) is 0 Å². The number of allylic oxidation sites excluding steroid dienone is 2. The predicted molar refractivity (Wildman–Crippen MR) is 71.5 cm³/mol. The largest absolute Gasteiger partial charge is 0.311 e. The third kappa shape index (κ3) is 1.53. The molecule has 0 fully saturated rings. The van der Waals surface area contributed by atoms with Crippen LogP contribution in [-0.2, 0) is 0 Å². The van der Waals surface area contributed by atoms with Crippen LogP contribution in [0.15, 0.2) is 37.4 Å². The maximum absolute atomic E-state index is 12.1. The molecule has 1 aliphatic rings. The maximum atomic E-state index is 12.1. The van der Waals surface area contributed by atoms with E-state index >= 15 is 0 Å². The standard InChI is InChI=1S/C15H15NO/c1-5-7-13-14-11(6-2)10(3)8-9-12(14)15(17)16(13)4/h5-9H,1-2H2,3-4H3/b13-7+. The zero-order valence-electron chi connectivity index (χ0n) is 10.2. The van der Waals surface area contributed by atoms with Crippen molar-refractivity contribution in [1.82, 2.24) is 4.90 Å². The van der Waals surface area contributed by atoms with Crippen molar-refractivity contribution in [2.75, 3.05) is 7.05 Å². The van der Waals surface area contributed by atoms with Gasteiger partial charge in [0, 0.05) is 18.2 Å². The Kier molecular flexibility index (Phi) is 2.72. The van der Waals surface area contributed by atoms with Gasteiger partial charge in [-0.05, 0) is 30.2 Å². The van der Waals surface area contributed by atoms with Crippen molar-refractivity contribution in [2.45, 2.75) is 6.92 Å². The number of aryl methyl sites for hydroxylation is 1. The molecule has 1 heterocycles. The lowest BCUT2D eigenvalue weighted by Gasteiger charge is -2.12. The molecule has 1 aromatic carbocycles. The van der Waals surface area contributed by atoms with Crippen molar-refractivity contribution in [3.63, 3.8) is 0 Å². The monoisotopic (exact) mass is 225 g/mol. The van der Waals surface area contributed by atoms with Crippen molar-refractivity contribution < 1.29 is 4.79 Å². The van der Waals surface area contributed by atoms with E-state index in [1.54, 1.807) is 24.1 Å². The van der Waals surface area contributed by atoms with Gasteiger partial charge >= 0.3 is 0 Å². The molecular weight excluding hydrogens is 210 g/mol. The van der Waals surface area contributed by atoms with Crippen molar-refractivity contribution in [3.05, 3.63) is 59.7 Å². The molecule has 0 bridgehead atoms. The second-order valence-electron chi connectivity index (χ2n) is 4.07. The van der Waals surface area contributed by atoms with E-state index in [4.69, 9.17) is 0 Å². The summed E-state index contributed by atoms with van der Waals surface area (Å²) in [6.45, 7) is 9.54. The fourth-order valence-corrected chi connectivity index (χ4v) is 2.21. The van der Waals surface area contributed by atoms with E-state index in [1.165, 1.54) is 0 Å². The Labute approximate surface area is 102 Å². The molecule has 0 spiro atoms. The molecular formula is C15H15NO. The summed E-state index contributed by atoms with van der Waals surface area (Å²) in [5, 5.41) is 0. The summed E-state index contributed by atoms with van der Waals surface area (Å²) in [6.07, 6.45) is 5.36. The van der Waals surface area contributed by atoms with Gasteiger partial charge in [0.2, 0.25) is 0 Å². The quantitative estimate of drug-likeness (QED) is 0.756. The van der Waals surface area contributed by atoms with E-state index in [-0.39, 0.29) is 5.91 Å². The highest BCUT2D eigenvalue weighted by atomic mass is 16.2. The van der Waals surface area contributed by atoms with Gasteiger partial charge in [0.25, 0.3) is 5.91 Å². The Balaban J connectivity index is 2.82. The number of benzene rings is 1. The molecule has 1 amide bonds. The molecule has 2 heteroatoms. The summed E-state index contributed by atoms with van der Waals surface area (Å²) >= 11 is 0. The van der Waals surface area contributed by atoms with Crippen LogP contribution in [0.5, 0.6) is 0 Å². The van der Waals surface area contributed by atoms with Crippen molar-refractivity contribution >= 4 is 17.7 Å². The molecule has 2 rings (SSSR count). The predicted octanol–water partition coefficient (Wildman–Crippen LogP) is 3.25. The van der Waals surface area contributed by atoms with Crippen molar-refractivity contribution in [3.8, 4) is 0 Å². The minimum absolute atomic E-state index is 0.0243. The lowest BCUT2D eigenvalue weighted by atomic mass is 9.96. The van der Waals surface area contributed by atoms with Crippen LogP contribution in [0.3, 0.4) is 0 Å². The van der Waals surface area contributed by atoms with Crippen LogP contribution < -0.4 is 0 Å². The number of carbonyl (C=O) groups excluding carboxylic acids is 1. The van der Waals surface area contributed by atoms with Crippen LogP contribution >= 0.6 is 0 Å². The Bertz CT molecular complexity index is 552. The number of hydrogen-bond donors (Lipinski definition) is 0. The van der Waals surface area contributed by atoms with Gasteiger partial charge in [-0.2, -0.15) is 0 Å². The molecule has 0 saturated heterocycles. The number of hydrogen-bond acceptors (Lipinski definition) is 1. The van der Waals surface area contributed by atoms with Gasteiger partial charge in [0.1, 0.15) is 0 Å². The Morgan fingerprint density at radius 2 is 2.00 bits per heavy atom. The molecule has 0 unspecified atom stereocenters. The summed E-state index contributed by atoms with van der Waals surface area (Å²) in [4.78, 5) is 13.7. The van der Waals surface area contributed by atoms with Gasteiger partial charge in [-0.1, -0.05) is 31.4 Å². The van der Waals surface area contributed by atoms with Crippen molar-refractivity contribution in [2.24, 2.45) is 0 Å². The number of carbonyl (C=O) groups is 1. The second kappa shape index (κ2) is 4.06. The zero-order chi connectivity index (χ0) is 12.6. The number of rotatable bonds is 2. The topological polar surface area (TPSA) is 20.3 Å². The molecule has 0 aliphatic carbocycles. The molecule has 0 atom stereocenters. The van der Waals surface area contributed by atoms with E-state index in [1.807, 2.05) is 25.1 Å². The van der Waals surface area contributed by atoms with Gasteiger partial charge in [0.15, 0.2) is 0 Å². The van der Waals surface area contributed by atoms with E-state index < -0.39 is 0 Å². The molecule has 0 radical (unpaired) electrons. The first kappa shape index (κ1) is 11.4. The van der Waals surface area contributed by atoms with Crippen LogP contribution in [0.2, 0.25) is 0 Å². The summed E-state index contributed by atoms with van der Waals surface area (Å²) in [7, 11) is 1.78. The zero-order valence-corrected chi connectivity index (χ0v) is 10.2. The van der Waals surface area contributed by atoms with E-state index in [9.17, 15) is 4.79 Å². The van der Waals surface area contributed by atoms with Gasteiger partial charge in [-0.3, -0.25) is 4.79 Å². The first-order valence-corrected chi connectivity index (χ1v) is 5.49. The van der Waals surface area contributed by atoms with Crippen LogP contribution in [0, 0.1) is 6.92 Å². The molecule has 2 nitrogen and oxygen atoms in total. The average Bonchev–Trinajstić information content (AvgIpc) is 2.55. The molecule has 86 valence electrons. The summed E-state index contributed by atoms with van der Waals surface area (Å²) in [5.41, 5.74) is 4.73. The first-order valence-electron chi connectivity index (χ1n) is 5.49. The van der Waals surface area contributed by atoms with Crippen LogP contribution in [0.25, 0.3) is 11.8 Å². The molecule has 17 heavy (non-hydrogen) atoms. The highest BCUT2D eigenvalue weighted by molar-refractivity contribution is 6.10. The summed E-state index contributed by atoms with van der Waals surface area (Å²) in [6, 6.07) is 3.83. The molecule has 1 aliphatic heterocycles. The number of amides is 1. The number of nitrogens with zero attached hydrogens (tertiary/aromatic N) is 1. The normalized spacial score (nSPS) is 16.2. The third-order valence-corrected chi connectivity index (χ3v) is 3.10. The van der Waals surface area contributed by atoms with Crippen molar-refractivity contribution in [1.29, 1.82) is 0 Å². The molecule has 1 aromatic rings. The Morgan fingerprint density at radius 3 is 2.59 bits per heavy atom. The smallest absolute Gasteiger partial charge is 0.258 e. The highest BCUT2D eigenvalue weighted by Gasteiger charge is 2.31. The lowest BCUT2D eigenvalue weighted by Crippen LogP contribution is -2.16. The van der Waals surface area contributed by atoms with E-state index in [0.717, 1.165) is 28.0 Å². The fourth-order valence-electron chi connectivity index (χ4n) is 2.21. The van der Waals surface area contributed by atoms with Crippen LogP contribution in [-0.4, -0.2) is 17.9 Å². The van der Waals surface area contributed by atoms with E-state index in [2.05, 4.69) is 13.2 Å². The summed E-state index contributed by atoms with van der Waals surface area (Å²) in [5.74, 6) is 0.0243. The average molecular weight is 225 g/mol. The SMILES string of the molecule is C=C/C=C1\c2c(ccc(C)c2C=C)C(=O)N1C. The van der Waals surface area contributed by atoms with Gasteiger partial charge in [-0.15, -0.1) is 0 Å². The minimum atomic E-state index is 0.0243. The highest BCUT2D eigenvalue weighted by Crippen LogP contribution is 2.36. The Morgan fingerprint density at radius 1 is 1.29 bits per heavy atom. The summed E-state index contributed by atoms with van der Waals surface area (Å²) < 4.78 is 0. The molecule has 0 N–H and O–H groups in total. The first-order chi connectivity index (χ1) is 8.11.